The molecule has 0 unspecified atom stereocenters. The van der Waals surface area contributed by atoms with E-state index in [1.54, 1.807) is 30.5 Å². The average Bonchev–Trinajstić information content (AvgIpc) is 3.83. The molecular weight excluding hydrogens is 564 g/mol. The molecule has 2 N–H and O–H groups in total. The molecular formula is C33H35ClN6O3. The fourth-order valence-electron chi connectivity index (χ4n) is 4.90. The normalized spacial score (nSPS) is 12.7. The van der Waals surface area contributed by atoms with E-state index >= 15 is 0 Å². The monoisotopic (exact) mass is 598 g/mol. The van der Waals surface area contributed by atoms with E-state index in [1.165, 1.54) is 24.6 Å². The highest BCUT2D eigenvalue weighted by molar-refractivity contribution is 6.32. The van der Waals surface area contributed by atoms with Gasteiger partial charge < -0.3 is 25.0 Å². The molecule has 2 aromatic carbocycles. The van der Waals surface area contributed by atoms with Crippen LogP contribution >= 0.6 is 11.6 Å². The van der Waals surface area contributed by atoms with Gasteiger partial charge in [0.1, 0.15) is 24.2 Å². The van der Waals surface area contributed by atoms with Crippen LogP contribution in [-0.2, 0) is 11.4 Å². The zero-order chi connectivity index (χ0) is 30.3. The minimum atomic E-state index is -0.113. The number of ether oxygens (including phenoxy) is 2. The van der Waals surface area contributed by atoms with Gasteiger partial charge in [0.2, 0.25) is 5.91 Å². The molecule has 222 valence electrons. The van der Waals surface area contributed by atoms with Crippen molar-refractivity contribution in [2.24, 2.45) is 0 Å². The predicted molar refractivity (Wildman–Crippen MR) is 169 cm³/mol. The summed E-state index contributed by atoms with van der Waals surface area (Å²) in [6.07, 6.45) is 6.77. The van der Waals surface area contributed by atoms with Crippen LogP contribution in [0.3, 0.4) is 0 Å². The molecule has 1 fully saturated rings. The highest BCUT2D eigenvalue weighted by atomic mass is 35.5. The number of nitrogens with zero attached hydrogens (tertiary/aromatic N) is 4. The molecule has 1 aliphatic rings. The number of hydrogen-bond acceptors (Lipinski definition) is 8. The molecule has 0 radical (unpaired) electrons. The largest absolute Gasteiger partial charge is 0.492 e. The third kappa shape index (κ3) is 7.53. The lowest BCUT2D eigenvalue weighted by Crippen LogP contribution is -2.17. The number of halogens is 1. The molecule has 1 amide bonds. The van der Waals surface area contributed by atoms with Crippen molar-refractivity contribution in [1.29, 1.82) is 5.26 Å². The van der Waals surface area contributed by atoms with Crippen LogP contribution in [0, 0.1) is 11.3 Å². The first-order valence-corrected chi connectivity index (χ1v) is 14.8. The van der Waals surface area contributed by atoms with E-state index in [0.29, 0.717) is 75.6 Å². The van der Waals surface area contributed by atoms with Crippen LogP contribution in [0.1, 0.15) is 55.3 Å². The number of carbonyl (C=O) groups excluding carboxylic acids is 1. The van der Waals surface area contributed by atoms with E-state index in [9.17, 15) is 10.1 Å². The maximum atomic E-state index is 12.8. The minimum absolute atomic E-state index is 0.113. The summed E-state index contributed by atoms with van der Waals surface area (Å²) in [4.78, 5) is 23.8. The van der Waals surface area contributed by atoms with Gasteiger partial charge in [-0.15, -0.1) is 0 Å². The average molecular weight is 599 g/mol. The van der Waals surface area contributed by atoms with E-state index in [-0.39, 0.29) is 5.91 Å². The minimum Gasteiger partial charge on any atom is -0.492 e. The van der Waals surface area contributed by atoms with Gasteiger partial charge in [-0.2, -0.15) is 5.26 Å². The second-order valence-corrected chi connectivity index (χ2v) is 11.2. The number of anilines is 3. The van der Waals surface area contributed by atoms with Crippen LogP contribution in [0.15, 0.2) is 54.9 Å². The van der Waals surface area contributed by atoms with Crippen LogP contribution < -0.4 is 20.1 Å². The summed E-state index contributed by atoms with van der Waals surface area (Å²) in [6, 6.07) is 15.3. The molecule has 4 aromatic rings. The zero-order valence-corrected chi connectivity index (χ0v) is 25.4. The van der Waals surface area contributed by atoms with Crippen molar-refractivity contribution in [1.82, 2.24) is 14.9 Å². The SMILES string of the molecule is CCOc1cc2ncc(C#N)c(Nc3ccc(OCc4ncccc4C4CC4)c(Cl)c3)c2cc1NC(=O)CCCN(C)C. The zero-order valence-electron chi connectivity index (χ0n) is 24.6. The molecule has 5 rings (SSSR count). The second-order valence-electron chi connectivity index (χ2n) is 10.8. The third-order valence-corrected chi connectivity index (χ3v) is 7.48. The summed E-state index contributed by atoms with van der Waals surface area (Å²) in [5.41, 5.74) is 4.86. The summed E-state index contributed by atoms with van der Waals surface area (Å²) >= 11 is 6.64. The van der Waals surface area contributed by atoms with E-state index in [4.69, 9.17) is 21.1 Å². The fourth-order valence-corrected chi connectivity index (χ4v) is 5.14. The van der Waals surface area contributed by atoms with E-state index in [2.05, 4.69) is 32.7 Å². The van der Waals surface area contributed by atoms with Gasteiger partial charge >= 0.3 is 0 Å². The molecule has 1 saturated carbocycles. The lowest BCUT2D eigenvalue weighted by atomic mass is 10.1. The Labute approximate surface area is 256 Å². The molecule has 0 bridgehead atoms. The standard InChI is InChI=1S/C33H35ClN6O3/c1-4-42-31-17-27-25(16-28(31)39-32(41)8-6-14-40(2)3)33(22(18-35)19-37-27)38-23-11-12-30(26(34)15-23)43-20-29-24(21-9-10-21)7-5-13-36-29/h5,7,11-13,15-17,19,21H,4,6,8-10,14,20H2,1-3H3,(H,37,38)(H,39,41). The molecule has 43 heavy (non-hydrogen) atoms. The maximum absolute atomic E-state index is 12.8. The van der Waals surface area contributed by atoms with Gasteiger partial charge in [-0.1, -0.05) is 17.7 Å². The van der Waals surface area contributed by atoms with Gasteiger partial charge in [0, 0.05) is 36.0 Å². The van der Waals surface area contributed by atoms with Gasteiger partial charge in [0.05, 0.1) is 39.8 Å². The van der Waals surface area contributed by atoms with E-state index < -0.39 is 0 Å². The Morgan fingerprint density at radius 1 is 1.14 bits per heavy atom. The second kappa shape index (κ2) is 13.7. The number of hydrogen-bond donors (Lipinski definition) is 2. The van der Waals surface area contributed by atoms with Crippen molar-refractivity contribution in [3.63, 3.8) is 0 Å². The summed E-state index contributed by atoms with van der Waals surface area (Å²) in [7, 11) is 3.95. The smallest absolute Gasteiger partial charge is 0.224 e. The molecule has 2 heterocycles. The Morgan fingerprint density at radius 3 is 2.70 bits per heavy atom. The van der Waals surface area contributed by atoms with Crippen LogP contribution in [0.4, 0.5) is 17.1 Å². The Kier molecular flexibility index (Phi) is 9.60. The quantitative estimate of drug-likeness (QED) is 0.169. The molecule has 2 aromatic heterocycles. The van der Waals surface area contributed by atoms with Gasteiger partial charge in [-0.05, 0) is 88.6 Å². The van der Waals surface area contributed by atoms with Crippen molar-refractivity contribution >= 4 is 45.5 Å². The van der Waals surface area contributed by atoms with Crippen LogP contribution in [0.5, 0.6) is 11.5 Å². The first-order chi connectivity index (χ1) is 20.9. The molecule has 0 spiro atoms. The summed E-state index contributed by atoms with van der Waals surface area (Å²) in [5.74, 6) is 1.51. The number of carbonyl (C=O) groups is 1. The van der Waals surface area contributed by atoms with Crippen LogP contribution in [0.25, 0.3) is 10.9 Å². The van der Waals surface area contributed by atoms with Gasteiger partial charge in [0.25, 0.3) is 0 Å². The number of aromatic nitrogens is 2. The highest BCUT2D eigenvalue weighted by Crippen LogP contribution is 2.42. The number of nitriles is 1. The topological polar surface area (TPSA) is 112 Å². The molecule has 0 saturated heterocycles. The molecule has 0 atom stereocenters. The van der Waals surface area contributed by atoms with E-state index in [0.717, 1.165) is 18.7 Å². The number of pyridine rings is 2. The van der Waals surface area contributed by atoms with Gasteiger partial charge in [-0.25, -0.2) is 0 Å². The number of benzene rings is 2. The van der Waals surface area contributed by atoms with Gasteiger partial charge in [-0.3, -0.25) is 14.8 Å². The highest BCUT2D eigenvalue weighted by Gasteiger charge is 2.26. The Bertz CT molecular complexity index is 1670. The third-order valence-electron chi connectivity index (χ3n) is 7.18. The van der Waals surface area contributed by atoms with Crippen molar-refractivity contribution in [2.75, 3.05) is 37.9 Å². The Morgan fingerprint density at radius 2 is 1.98 bits per heavy atom. The van der Waals surface area contributed by atoms with Crippen LogP contribution in [0.2, 0.25) is 5.02 Å². The molecule has 9 nitrogen and oxygen atoms in total. The van der Waals surface area contributed by atoms with E-state index in [1.807, 2.05) is 38.1 Å². The van der Waals surface area contributed by atoms with Crippen LogP contribution in [-0.4, -0.2) is 48.0 Å². The molecule has 1 aliphatic carbocycles. The van der Waals surface area contributed by atoms with Crippen molar-refractivity contribution in [3.8, 4) is 17.6 Å². The lowest BCUT2D eigenvalue weighted by molar-refractivity contribution is -0.116. The Hall–Kier alpha value is -4.39. The maximum Gasteiger partial charge on any atom is 0.224 e. The number of fused-ring (bicyclic) bond motifs is 1. The van der Waals surface area contributed by atoms with Gasteiger partial charge in [0.15, 0.2) is 0 Å². The first kappa shape index (κ1) is 30.1. The van der Waals surface area contributed by atoms with Crippen molar-refractivity contribution in [2.45, 2.75) is 45.1 Å². The predicted octanol–water partition coefficient (Wildman–Crippen LogP) is 7.03. The number of nitrogens with one attached hydrogen (secondary N) is 2. The summed E-state index contributed by atoms with van der Waals surface area (Å²) in [5, 5.41) is 17.3. The number of amides is 1. The number of rotatable bonds is 13. The Balaban J connectivity index is 1.39. The first-order valence-electron chi connectivity index (χ1n) is 14.4. The summed E-state index contributed by atoms with van der Waals surface area (Å²) < 4.78 is 11.9. The van der Waals surface area contributed by atoms with Crippen molar-refractivity contribution in [3.05, 3.63) is 76.7 Å². The molecule has 0 aliphatic heterocycles. The summed E-state index contributed by atoms with van der Waals surface area (Å²) in [6.45, 7) is 3.44. The molecule has 10 heteroatoms. The fraction of sp³-hybridized carbons (Fsp3) is 0.333. The van der Waals surface area contributed by atoms with Crippen molar-refractivity contribution < 1.29 is 14.3 Å². The lowest BCUT2D eigenvalue weighted by Gasteiger charge is -2.17.